The highest BCUT2D eigenvalue weighted by molar-refractivity contribution is 5.32. The van der Waals surface area contributed by atoms with Crippen LogP contribution in [0.25, 0.3) is 0 Å². The van der Waals surface area contributed by atoms with E-state index in [-0.39, 0.29) is 12.4 Å². The number of hydrogen-bond acceptors (Lipinski definition) is 3. The maximum Gasteiger partial charge on any atom is 0.459 e. The van der Waals surface area contributed by atoms with Gasteiger partial charge in [0, 0.05) is 12.7 Å². The molecular weight excluding hydrogens is 261 g/mol. The molecule has 9 heteroatoms. The first kappa shape index (κ1) is 13.1. The zero-order chi connectivity index (χ0) is 13.6. The average molecular weight is 271 g/mol. The number of alkyl halides is 5. The SMILES string of the molecule is Nc1cc(C(F)(F)C(F)(F)F)n([C@H]2CCOC2)n1. The van der Waals surface area contributed by atoms with Crippen LogP contribution in [0.2, 0.25) is 0 Å². The second-order valence-corrected chi connectivity index (χ2v) is 3.99. The highest BCUT2D eigenvalue weighted by Gasteiger charge is 2.61. The number of nitrogen functional groups attached to an aromatic ring is 1. The minimum atomic E-state index is -5.68. The van der Waals surface area contributed by atoms with Crippen LogP contribution in [0.4, 0.5) is 27.8 Å². The summed E-state index contributed by atoms with van der Waals surface area (Å²) in [4.78, 5) is 0. The quantitative estimate of drug-likeness (QED) is 0.838. The van der Waals surface area contributed by atoms with Crippen LogP contribution in [-0.4, -0.2) is 29.2 Å². The summed E-state index contributed by atoms with van der Waals surface area (Å²) in [6, 6.07) is -0.100. The Bertz CT molecular complexity index is 436. The highest BCUT2D eigenvalue weighted by Crippen LogP contribution is 2.45. The van der Waals surface area contributed by atoms with Crippen molar-refractivity contribution in [3.8, 4) is 0 Å². The topological polar surface area (TPSA) is 53.1 Å². The Morgan fingerprint density at radius 2 is 2.00 bits per heavy atom. The van der Waals surface area contributed by atoms with E-state index in [4.69, 9.17) is 10.5 Å². The van der Waals surface area contributed by atoms with E-state index in [1.54, 1.807) is 0 Å². The molecule has 0 unspecified atom stereocenters. The zero-order valence-electron chi connectivity index (χ0n) is 9.05. The van der Waals surface area contributed by atoms with E-state index >= 15 is 0 Å². The summed E-state index contributed by atoms with van der Waals surface area (Å²) in [5.74, 6) is -5.36. The molecule has 18 heavy (non-hydrogen) atoms. The van der Waals surface area contributed by atoms with Gasteiger partial charge in [0.25, 0.3) is 0 Å². The Kier molecular flexibility index (Phi) is 2.96. The molecule has 0 bridgehead atoms. The lowest BCUT2D eigenvalue weighted by atomic mass is 10.2. The number of nitrogens with zero attached hydrogens (tertiary/aromatic N) is 2. The number of halogens is 5. The minimum absolute atomic E-state index is 0.0437. The van der Waals surface area contributed by atoms with Crippen LogP contribution in [0.5, 0.6) is 0 Å². The maximum absolute atomic E-state index is 13.3. The standard InChI is InChI=1S/C9H10F5N3O/c10-8(11,9(12,13)14)6-3-7(15)16-17(6)5-1-2-18-4-5/h3,5H,1-2,4H2,(H2,15,16)/t5-/m0/s1. The monoisotopic (exact) mass is 271 g/mol. The van der Waals surface area contributed by atoms with Crippen molar-refractivity contribution in [3.63, 3.8) is 0 Å². The van der Waals surface area contributed by atoms with Crippen molar-refractivity contribution in [1.29, 1.82) is 0 Å². The Morgan fingerprint density at radius 3 is 2.50 bits per heavy atom. The van der Waals surface area contributed by atoms with E-state index in [1.807, 2.05) is 0 Å². The molecule has 0 saturated carbocycles. The molecule has 0 aliphatic carbocycles. The van der Waals surface area contributed by atoms with Crippen molar-refractivity contribution in [2.75, 3.05) is 18.9 Å². The Labute approximate surface area is 98.5 Å². The van der Waals surface area contributed by atoms with E-state index in [0.29, 0.717) is 23.8 Å². The van der Waals surface area contributed by atoms with Crippen molar-refractivity contribution in [2.45, 2.75) is 24.6 Å². The van der Waals surface area contributed by atoms with Gasteiger partial charge in [0.1, 0.15) is 11.5 Å². The Hall–Kier alpha value is -1.38. The zero-order valence-corrected chi connectivity index (χ0v) is 9.05. The lowest BCUT2D eigenvalue weighted by Gasteiger charge is -2.22. The molecule has 2 N–H and O–H groups in total. The summed E-state index contributed by atoms with van der Waals surface area (Å²) >= 11 is 0. The molecule has 1 aliphatic rings. The molecule has 1 atom stereocenters. The van der Waals surface area contributed by atoms with Gasteiger partial charge in [-0.3, -0.25) is 4.68 Å². The number of rotatable bonds is 2. The predicted molar refractivity (Wildman–Crippen MR) is 51.1 cm³/mol. The fourth-order valence-corrected chi connectivity index (χ4v) is 1.79. The molecule has 0 amide bonds. The van der Waals surface area contributed by atoms with E-state index in [9.17, 15) is 22.0 Å². The third kappa shape index (κ3) is 2.02. The molecule has 2 rings (SSSR count). The molecule has 0 aromatic carbocycles. The minimum Gasteiger partial charge on any atom is -0.382 e. The van der Waals surface area contributed by atoms with Crippen LogP contribution in [0, 0.1) is 0 Å². The summed E-state index contributed by atoms with van der Waals surface area (Å²) in [7, 11) is 0. The van der Waals surface area contributed by atoms with Crippen molar-refractivity contribution < 1.29 is 26.7 Å². The molecule has 1 aromatic rings. The molecule has 4 nitrogen and oxygen atoms in total. The van der Waals surface area contributed by atoms with Crippen LogP contribution in [0.1, 0.15) is 18.2 Å². The predicted octanol–water partition coefficient (Wildman–Crippen LogP) is 2.08. The third-order valence-corrected chi connectivity index (χ3v) is 2.68. The second-order valence-electron chi connectivity index (χ2n) is 3.99. The van der Waals surface area contributed by atoms with Crippen molar-refractivity contribution in [3.05, 3.63) is 11.8 Å². The molecule has 0 radical (unpaired) electrons. The maximum atomic E-state index is 13.3. The number of hydrogen-bond donors (Lipinski definition) is 1. The Morgan fingerprint density at radius 1 is 1.33 bits per heavy atom. The lowest BCUT2D eigenvalue weighted by Crippen LogP contribution is -2.36. The van der Waals surface area contributed by atoms with E-state index < -0.39 is 23.8 Å². The number of nitrogens with two attached hydrogens (primary N) is 1. The Balaban J connectivity index is 2.44. The van der Waals surface area contributed by atoms with E-state index in [0.717, 1.165) is 0 Å². The van der Waals surface area contributed by atoms with Crippen LogP contribution in [0.15, 0.2) is 6.07 Å². The molecule has 102 valence electrons. The summed E-state index contributed by atoms with van der Waals surface area (Å²) < 4.78 is 69.2. The van der Waals surface area contributed by atoms with Gasteiger partial charge in [-0.2, -0.15) is 27.1 Å². The molecule has 1 aliphatic heterocycles. The molecule has 1 aromatic heterocycles. The largest absolute Gasteiger partial charge is 0.459 e. The van der Waals surface area contributed by atoms with Gasteiger partial charge < -0.3 is 10.5 Å². The van der Waals surface area contributed by atoms with Crippen molar-refractivity contribution in [2.24, 2.45) is 0 Å². The van der Waals surface area contributed by atoms with Crippen LogP contribution < -0.4 is 5.73 Å². The summed E-state index contributed by atoms with van der Waals surface area (Å²) in [6.45, 7) is 0.337. The molecule has 2 heterocycles. The fourth-order valence-electron chi connectivity index (χ4n) is 1.79. The van der Waals surface area contributed by atoms with Gasteiger partial charge in [-0.25, -0.2) is 0 Å². The third-order valence-electron chi connectivity index (χ3n) is 2.68. The first-order valence-corrected chi connectivity index (χ1v) is 5.11. The molecular formula is C9H10F5N3O. The molecule has 0 spiro atoms. The van der Waals surface area contributed by atoms with Gasteiger partial charge in [0.2, 0.25) is 0 Å². The van der Waals surface area contributed by atoms with Gasteiger partial charge in [-0.1, -0.05) is 0 Å². The summed E-state index contributed by atoms with van der Waals surface area (Å²) in [6.07, 6.45) is -5.36. The van der Waals surface area contributed by atoms with E-state index in [1.165, 1.54) is 0 Å². The number of aromatic nitrogens is 2. The van der Waals surface area contributed by atoms with Gasteiger partial charge in [-0.15, -0.1) is 0 Å². The van der Waals surface area contributed by atoms with Gasteiger partial charge >= 0.3 is 12.1 Å². The fraction of sp³-hybridized carbons (Fsp3) is 0.667. The normalized spacial score (nSPS) is 21.5. The lowest BCUT2D eigenvalue weighted by molar-refractivity contribution is -0.292. The number of anilines is 1. The highest BCUT2D eigenvalue weighted by atomic mass is 19.4. The summed E-state index contributed by atoms with van der Waals surface area (Å²) in [5, 5.41) is 3.51. The van der Waals surface area contributed by atoms with Gasteiger partial charge in [0.15, 0.2) is 0 Å². The van der Waals surface area contributed by atoms with Crippen LogP contribution in [0.3, 0.4) is 0 Å². The van der Waals surface area contributed by atoms with Crippen LogP contribution in [-0.2, 0) is 10.7 Å². The summed E-state index contributed by atoms with van der Waals surface area (Å²) in [5.41, 5.74) is 3.97. The van der Waals surface area contributed by atoms with Gasteiger partial charge in [-0.05, 0) is 6.42 Å². The number of ether oxygens (including phenoxy) is 1. The first-order chi connectivity index (χ1) is 8.23. The van der Waals surface area contributed by atoms with Gasteiger partial charge in [0.05, 0.1) is 12.6 Å². The average Bonchev–Trinajstić information content (AvgIpc) is 2.83. The van der Waals surface area contributed by atoms with Crippen LogP contribution >= 0.6 is 0 Å². The first-order valence-electron chi connectivity index (χ1n) is 5.11. The smallest absolute Gasteiger partial charge is 0.382 e. The molecule has 1 saturated heterocycles. The van der Waals surface area contributed by atoms with E-state index in [2.05, 4.69) is 5.10 Å². The van der Waals surface area contributed by atoms with Crippen molar-refractivity contribution in [1.82, 2.24) is 9.78 Å². The molecule has 1 fully saturated rings. The second kappa shape index (κ2) is 4.08. The van der Waals surface area contributed by atoms with Crippen molar-refractivity contribution >= 4 is 5.82 Å².